The number of anilines is 1. The minimum Gasteiger partial charge on any atom is -0.493 e. The predicted molar refractivity (Wildman–Crippen MR) is 87.7 cm³/mol. The van der Waals surface area contributed by atoms with Gasteiger partial charge in [-0.05, 0) is 23.8 Å². The lowest BCUT2D eigenvalue weighted by atomic mass is 10.0. The Morgan fingerprint density at radius 3 is 2.50 bits per heavy atom. The Labute approximate surface area is 139 Å². The van der Waals surface area contributed by atoms with Crippen LogP contribution in [0.4, 0.5) is 5.69 Å². The van der Waals surface area contributed by atoms with Gasteiger partial charge in [0.2, 0.25) is 0 Å². The largest absolute Gasteiger partial charge is 0.493 e. The molecular weight excluding hydrogens is 310 g/mol. The Kier molecular flexibility index (Phi) is 4.37. The van der Waals surface area contributed by atoms with Crippen molar-refractivity contribution in [3.8, 4) is 11.5 Å². The molecule has 6 heteroatoms. The molecular formula is C18H17NO5. The van der Waals surface area contributed by atoms with Crippen LogP contribution in [0, 0.1) is 0 Å². The van der Waals surface area contributed by atoms with Gasteiger partial charge in [0.15, 0.2) is 18.1 Å². The minimum absolute atomic E-state index is 0.114. The van der Waals surface area contributed by atoms with E-state index >= 15 is 0 Å². The first-order valence-electron chi connectivity index (χ1n) is 7.49. The number of carboxylic acid groups (broad SMARTS) is 1. The molecule has 0 unspecified atom stereocenters. The van der Waals surface area contributed by atoms with Gasteiger partial charge in [-0.2, -0.15) is 0 Å². The number of ether oxygens (including phenoxy) is 2. The molecule has 24 heavy (non-hydrogen) atoms. The molecule has 2 aromatic rings. The fraction of sp³-hybridized carbons (Fsp3) is 0.222. The lowest BCUT2D eigenvalue weighted by molar-refractivity contribution is -0.138. The number of carbonyl (C=O) groups excluding carboxylic acids is 1. The second-order valence-corrected chi connectivity index (χ2v) is 5.39. The van der Waals surface area contributed by atoms with E-state index in [0.29, 0.717) is 22.7 Å². The van der Waals surface area contributed by atoms with E-state index in [4.69, 9.17) is 9.47 Å². The first-order chi connectivity index (χ1) is 11.6. The van der Waals surface area contributed by atoms with Crippen LogP contribution in [0.2, 0.25) is 0 Å². The number of hydrogen-bond donors (Lipinski definition) is 1. The molecule has 1 N–H and O–H groups in total. The van der Waals surface area contributed by atoms with Gasteiger partial charge in [-0.3, -0.25) is 9.59 Å². The number of fused-ring (bicyclic) bond motifs is 1. The van der Waals surface area contributed by atoms with Gasteiger partial charge in [0.1, 0.15) is 5.92 Å². The number of benzene rings is 2. The maximum absolute atomic E-state index is 12.5. The third-order valence-corrected chi connectivity index (χ3v) is 3.99. The second-order valence-electron chi connectivity index (χ2n) is 5.39. The first kappa shape index (κ1) is 15.9. The molecule has 2 aromatic carbocycles. The van der Waals surface area contributed by atoms with Crippen LogP contribution in [0.5, 0.6) is 11.5 Å². The summed E-state index contributed by atoms with van der Waals surface area (Å²) in [6, 6.07) is 14.1. The summed E-state index contributed by atoms with van der Waals surface area (Å²) in [6.07, 6.45) is 0. The maximum Gasteiger partial charge on any atom is 0.312 e. The lowest BCUT2D eigenvalue weighted by Crippen LogP contribution is -2.35. The van der Waals surface area contributed by atoms with Gasteiger partial charge in [-0.1, -0.05) is 30.3 Å². The number of hydrogen-bond acceptors (Lipinski definition) is 4. The number of para-hydroxylation sites is 3. The Balaban J connectivity index is 1.75. The average Bonchev–Trinajstić information content (AvgIpc) is 3.00. The number of methoxy groups -OCH3 is 1. The Hall–Kier alpha value is -3.02. The van der Waals surface area contributed by atoms with Crippen molar-refractivity contribution in [2.24, 2.45) is 0 Å². The van der Waals surface area contributed by atoms with Gasteiger partial charge in [0.05, 0.1) is 7.11 Å². The van der Waals surface area contributed by atoms with E-state index in [2.05, 4.69) is 0 Å². The Bertz CT molecular complexity index is 774. The molecule has 0 bridgehead atoms. The van der Waals surface area contributed by atoms with Crippen LogP contribution in [-0.4, -0.2) is 37.2 Å². The standard InChI is InChI=1S/C18H17NO5/c1-23-15-8-4-5-9-16(15)24-11-17(20)19-10-13(18(21)22)12-6-2-3-7-14(12)19/h2-9,13H,10-11H2,1H3,(H,21,22)/t13-/m1/s1. The molecule has 1 aliphatic heterocycles. The molecule has 1 aliphatic rings. The summed E-state index contributed by atoms with van der Waals surface area (Å²) in [5.74, 6) is -0.942. The van der Waals surface area contributed by atoms with E-state index < -0.39 is 11.9 Å². The number of carbonyl (C=O) groups is 2. The van der Waals surface area contributed by atoms with Gasteiger partial charge >= 0.3 is 5.97 Å². The zero-order valence-corrected chi connectivity index (χ0v) is 13.1. The minimum atomic E-state index is -0.941. The van der Waals surface area contributed by atoms with E-state index in [9.17, 15) is 14.7 Å². The molecule has 1 heterocycles. The zero-order valence-electron chi connectivity index (χ0n) is 13.1. The molecule has 3 rings (SSSR count). The molecule has 1 atom stereocenters. The van der Waals surface area contributed by atoms with E-state index in [1.54, 1.807) is 42.5 Å². The third-order valence-electron chi connectivity index (χ3n) is 3.99. The van der Waals surface area contributed by atoms with E-state index in [1.165, 1.54) is 12.0 Å². The van der Waals surface area contributed by atoms with E-state index in [-0.39, 0.29) is 19.1 Å². The summed E-state index contributed by atoms with van der Waals surface area (Å²) in [5, 5.41) is 9.35. The summed E-state index contributed by atoms with van der Waals surface area (Å²) in [5.41, 5.74) is 1.27. The number of rotatable bonds is 5. The van der Waals surface area contributed by atoms with Crippen LogP contribution in [0.3, 0.4) is 0 Å². The highest BCUT2D eigenvalue weighted by molar-refractivity contribution is 5.99. The van der Waals surface area contributed by atoms with Gasteiger partial charge in [0.25, 0.3) is 5.91 Å². The van der Waals surface area contributed by atoms with Crippen molar-refractivity contribution in [3.63, 3.8) is 0 Å². The van der Waals surface area contributed by atoms with Crippen LogP contribution >= 0.6 is 0 Å². The molecule has 0 saturated heterocycles. The molecule has 0 spiro atoms. The van der Waals surface area contributed by atoms with Crippen molar-refractivity contribution < 1.29 is 24.2 Å². The maximum atomic E-state index is 12.5. The van der Waals surface area contributed by atoms with Crippen molar-refractivity contribution in [2.75, 3.05) is 25.2 Å². The predicted octanol–water partition coefficient (Wildman–Crippen LogP) is 2.29. The number of carboxylic acids is 1. The molecule has 0 aromatic heterocycles. The van der Waals surface area contributed by atoms with Gasteiger partial charge < -0.3 is 19.5 Å². The number of aliphatic carboxylic acids is 1. The molecule has 0 aliphatic carbocycles. The van der Waals surface area contributed by atoms with Gasteiger partial charge in [-0.25, -0.2) is 0 Å². The molecule has 0 radical (unpaired) electrons. The van der Waals surface area contributed by atoms with Gasteiger partial charge in [-0.15, -0.1) is 0 Å². The highest BCUT2D eigenvalue weighted by Gasteiger charge is 2.36. The Morgan fingerprint density at radius 2 is 1.79 bits per heavy atom. The van der Waals surface area contributed by atoms with Crippen LogP contribution in [0.1, 0.15) is 11.5 Å². The molecule has 1 amide bonds. The Morgan fingerprint density at radius 1 is 1.12 bits per heavy atom. The lowest BCUT2D eigenvalue weighted by Gasteiger charge is -2.18. The monoisotopic (exact) mass is 327 g/mol. The van der Waals surface area contributed by atoms with Crippen LogP contribution < -0.4 is 14.4 Å². The van der Waals surface area contributed by atoms with E-state index in [0.717, 1.165) is 0 Å². The number of amides is 1. The van der Waals surface area contributed by atoms with Crippen molar-refractivity contribution in [2.45, 2.75) is 5.92 Å². The summed E-state index contributed by atoms with van der Waals surface area (Å²) in [4.78, 5) is 25.4. The van der Waals surface area contributed by atoms with Crippen molar-refractivity contribution in [3.05, 3.63) is 54.1 Å². The zero-order chi connectivity index (χ0) is 17.1. The van der Waals surface area contributed by atoms with E-state index in [1.807, 2.05) is 6.07 Å². The smallest absolute Gasteiger partial charge is 0.312 e. The number of nitrogens with zero attached hydrogens (tertiary/aromatic N) is 1. The molecule has 6 nitrogen and oxygen atoms in total. The van der Waals surface area contributed by atoms with Crippen molar-refractivity contribution >= 4 is 17.6 Å². The van der Waals surface area contributed by atoms with Gasteiger partial charge in [0, 0.05) is 12.2 Å². The topological polar surface area (TPSA) is 76.1 Å². The first-order valence-corrected chi connectivity index (χ1v) is 7.49. The summed E-state index contributed by atoms with van der Waals surface area (Å²) in [7, 11) is 1.53. The second kappa shape index (κ2) is 6.62. The highest BCUT2D eigenvalue weighted by Crippen LogP contribution is 2.36. The summed E-state index contributed by atoms with van der Waals surface area (Å²) >= 11 is 0. The average molecular weight is 327 g/mol. The summed E-state index contributed by atoms with van der Waals surface area (Å²) < 4.78 is 10.7. The molecule has 0 fully saturated rings. The fourth-order valence-corrected chi connectivity index (χ4v) is 2.81. The third kappa shape index (κ3) is 2.90. The van der Waals surface area contributed by atoms with Crippen molar-refractivity contribution in [1.29, 1.82) is 0 Å². The fourth-order valence-electron chi connectivity index (χ4n) is 2.81. The van der Waals surface area contributed by atoms with Crippen LogP contribution in [0.25, 0.3) is 0 Å². The van der Waals surface area contributed by atoms with Crippen LogP contribution in [0.15, 0.2) is 48.5 Å². The molecule has 0 saturated carbocycles. The van der Waals surface area contributed by atoms with Crippen LogP contribution in [-0.2, 0) is 9.59 Å². The van der Waals surface area contributed by atoms with Crippen molar-refractivity contribution in [1.82, 2.24) is 0 Å². The highest BCUT2D eigenvalue weighted by atomic mass is 16.5. The quantitative estimate of drug-likeness (QED) is 0.912. The SMILES string of the molecule is COc1ccccc1OCC(=O)N1C[C@@H](C(=O)O)c2ccccc21. The normalized spacial score (nSPS) is 15.7. The summed E-state index contributed by atoms with van der Waals surface area (Å²) in [6.45, 7) is -0.0795. The molecule has 124 valence electrons.